The van der Waals surface area contributed by atoms with Crippen LogP contribution >= 0.6 is 23.2 Å². The smallest absolute Gasteiger partial charge is 0.345 e. The number of hydrogen-bond donors (Lipinski definition) is 2. The SMILES string of the molecule is O=C(CNC(=O)c1cnc(Cl)c(Cl)c1)NCC(F)(F)F. The standard InChI is InChI=1S/C10H8Cl2F3N3O2/c11-6-1-5(2-16-8(6)12)9(20)17-3-7(19)18-4-10(13,14)15/h1-2H,3-4H2,(H,17,20)(H,18,19). The first-order valence-electron chi connectivity index (χ1n) is 5.12. The zero-order chi connectivity index (χ0) is 15.3. The van der Waals surface area contributed by atoms with E-state index in [1.165, 1.54) is 6.07 Å². The van der Waals surface area contributed by atoms with Gasteiger partial charge >= 0.3 is 6.18 Å². The highest BCUT2D eigenvalue weighted by atomic mass is 35.5. The van der Waals surface area contributed by atoms with Crippen molar-refractivity contribution >= 4 is 35.0 Å². The number of halogens is 5. The van der Waals surface area contributed by atoms with Crippen LogP contribution in [0.2, 0.25) is 10.2 Å². The van der Waals surface area contributed by atoms with Gasteiger partial charge in [0.05, 0.1) is 17.1 Å². The van der Waals surface area contributed by atoms with Crippen molar-refractivity contribution in [2.45, 2.75) is 6.18 Å². The molecule has 0 saturated carbocycles. The fraction of sp³-hybridized carbons (Fsp3) is 0.300. The normalized spacial score (nSPS) is 11.1. The topological polar surface area (TPSA) is 71.1 Å². The summed E-state index contributed by atoms with van der Waals surface area (Å²) in [5, 5.41) is 3.78. The van der Waals surface area contributed by atoms with E-state index in [0.29, 0.717) is 0 Å². The minimum atomic E-state index is -4.51. The van der Waals surface area contributed by atoms with Crippen molar-refractivity contribution in [2.24, 2.45) is 0 Å². The Labute approximate surface area is 121 Å². The second-order valence-electron chi connectivity index (χ2n) is 3.57. The van der Waals surface area contributed by atoms with Crippen LogP contribution in [0.25, 0.3) is 0 Å². The molecule has 0 bridgehead atoms. The highest BCUT2D eigenvalue weighted by Crippen LogP contribution is 2.19. The van der Waals surface area contributed by atoms with Crippen molar-refractivity contribution in [3.63, 3.8) is 0 Å². The Bertz CT molecular complexity index is 523. The van der Waals surface area contributed by atoms with Crippen molar-refractivity contribution < 1.29 is 22.8 Å². The average molecular weight is 330 g/mol. The number of aromatic nitrogens is 1. The maximum absolute atomic E-state index is 11.8. The molecule has 0 unspecified atom stereocenters. The number of carbonyl (C=O) groups excluding carboxylic acids is 2. The summed E-state index contributed by atoms with van der Waals surface area (Å²) in [6.07, 6.45) is -3.38. The lowest BCUT2D eigenvalue weighted by Gasteiger charge is -2.09. The molecule has 2 N–H and O–H groups in total. The summed E-state index contributed by atoms with van der Waals surface area (Å²) in [6, 6.07) is 1.22. The predicted octanol–water partition coefficient (Wildman–Crippen LogP) is 1.80. The summed E-state index contributed by atoms with van der Waals surface area (Å²) in [5.41, 5.74) is 0.0306. The van der Waals surface area contributed by atoms with Gasteiger partial charge in [0.1, 0.15) is 11.7 Å². The molecule has 0 aliphatic rings. The monoisotopic (exact) mass is 329 g/mol. The molecule has 1 aromatic rings. The lowest BCUT2D eigenvalue weighted by molar-refractivity contribution is -0.137. The van der Waals surface area contributed by atoms with Crippen molar-refractivity contribution in [3.05, 3.63) is 28.0 Å². The molecule has 1 aromatic heterocycles. The number of rotatable bonds is 4. The summed E-state index contributed by atoms with van der Waals surface area (Å²) in [6.45, 7) is -2.06. The highest BCUT2D eigenvalue weighted by Gasteiger charge is 2.27. The van der Waals surface area contributed by atoms with E-state index in [2.05, 4.69) is 10.3 Å². The van der Waals surface area contributed by atoms with Gasteiger partial charge in [-0.2, -0.15) is 13.2 Å². The first kappa shape index (κ1) is 16.5. The van der Waals surface area contributed by atoms with Gasteiger partial charge in [-0.25, -0.2) is 4.98 Å². The maximum Gasteiger partial charge on any atom is 0.405 e. The lowest BCUT2D eigenvalue weighted by atomic mass is 10.2. The van der Waals surface area contributed by atoms with Crippen molar-refractivity contribution in [1.29, 1.82) is 0 Å². The second-order valence-corrected chi connectivity index (χ2v) is 4.34. The average Bonchev–Trinajstić information content (AvgIpc) is 2.36. The molecular formula is C10H8Cl2F3N3O2. The lowest BCUT2D eigenvalue weighted by Crippen LogP contribution is -2.40. The van der Waals surface area contributed by atoms with Crippen LogP contribution in [0.4, 0.5) is 13.2 Å². The quantitative estimate of drug-likeness (QED) is 0.827. The van der Waals surface area contributed by atoms with Gasteiger partial charge in [0.25, 0.3) is 5.91 Å². The van der Waals surface area contributed by atoms with E-state index < -0.39 is 31.1 Å². The summed E-state index contributed by atoms with van der Waals surface area (Å²) in [5.74, 6) is -1.68. The van der Waals surface area contributed by atoms with E-state index in [0.717, 1.165) is 6.20 Å². The minimum Gasteiger partial charge on any atom is -0.345 e. The molecule has 0 spiro atoms. The van der Waals surface area contributed by atoms with E-state index >= 15 is 0 Å². The number of pyridine rings is 1. The van der Waals surface area contributed by atoms with Gasteiger partial charge in [-0.3, -0.25) is 9.59 Å². The van der Waals surface area contributed by atoms with Crippen molar-refractivity contribution in [3.8, 4) is 0 Å². The van der Waals surface area contributed by atoms with Crippen LogP contribution in [0.15, 0.2) is 12.3 Å². The van der Waals surface area contributed by atoms with Crippen molar-refractivity contribution in [2.75, 3.05) is 13.1 Å². The summed E-state index contributed by atoms with van der Waals surface area (Å²) >= 11 is 11.2. The summed E-state index contributed by atoms with van der Waals surface area (Å²) in [4.78, 5) is 26.2. The first-order chi connectivity index (χ1) is 9.19. The molecule has 0 fully saturated rings. The molecule has 1 rings (SSSR count). The number of amides is 2. The minimum absolute atomic E-state index is 0.00568. The molecule has 110 valence electrons. The van der Waals surface area contributed by atoms with E-state index in [-0.39, 0.29) is 15.7 Å². The number of alkyl halides is 3. The van der Waals surface area contributed by atoms with E-state index in [9.17, 15) is 22.8 Å². The van der Waals surface area contributed by atoms with Crippen LogP contribution in [-0.4, -0.2) is 36.1 Å². The molecule has 0 aromatic carbocycles. The van der Waals surface area contributed by atoms with Gasteiger partial charge in [0.2, 0.25) is 5.91 Å². The molecule has 0 saturated heterocycles. The third kappa shape index (κ3) is 5.62. The van der Waals surface area contributed by atoms with Gasteiger partial charge in [-0.15, -0.1) is 0 Å². The number of nitrogens with zero attached hydrogens (tertiary/aromatic N) is 1. The van der Waals surface area contributed by atoms with Gasteiger partial charge in [0.15, 0.2) is 0 Å². The van der Waals surface area contributed by atoms with Crippen LogP contribution in [0, 0.1) is 0 Å². The molecular weight excluding hydrogens is 322 g/mol. The van der Waals surface area contributed by atoms with Crippen LogP contribution in [0.3, 0.4) is 0 Å². The number of nitrogens with one attached hydrogen (secondary N) is 2. The molecule has 0 atom stereocenters. The van der Waals surface area contributed by atoms with E-state index in [1.54, 1.807) is 5.32 Å². The summed E-state index contributed by atoms with van der Waals surface area (Å²) in [7, 11) is 0. The molecule has 0 radical (unpaired) electrons. The third-order valence-corrected chi connectivity index (χ3v) is 2.64. The van der Waals surface area contributed by atoms with Crippen molar-refractivity contribution in [1.82, 2.24) is 15.6 Å². The Morgan fingerprint density at radius 2 is 1.90 bits per heavy atom. The first-order valence-corrected chi connectivity index (χ1v) is 5.87. The number of hydrogen-bond acceptors (Lipinski definition) is 3. The van der Waals surface area contributed by atoms with E-state index in [1.807, 2.05) is 0 Å². The van der Waals surface area contributed by atoms with Crippen LogP contribution in [-0.2, 0) is 4.79 Å². The van der Waals surface area contributed by atoms with E-state index in [4.69, 9.17) is 23.2 Å². The fourth-order valence-electron chi connectivity index (χ4n) is 1.07. The molecule has 0 aliphatic heterocycles. The molecule has 0 aliphatic carbocycles. The molecule has 2 amide bonds. The van der Waals surface area contributed by atoms with Gasteiger partial charge in [-0.05, 0) is 6.07 Å². The van der Waals surface area contributed by atoms with Gasteiger partial charge < -0.3 is 10.6 Å². The van der Waals surface area contributed by atoms with Crippen LogP contribution in [0.1, 0.15) is 10.4 Å². The fourth-order valence-corrected chi connectivity index (χ4v) is 1.34. The molecule has 20 heavy (non-hydrogen) atoms. The largest absolute Gasteiger partial charge is 0.405 e. The third-order valence-electron chi connectivity index (χ3n) is 1.95. The molecule has 1 heterocycles. The van der Waals surface area contributed by atoms with Crippen LogP contribution < -0.4 is 10.6 Å². The van der Waals surface area contributed by atoms with Crippen LogP contribution in [0.5, 0.6) is 0 Å². The predicted molar refractivity (Wildman–Crippen MR) is 65.7 cm³/mol. The van der Waals surface area contributed by atoms with Gasteiger partial charge in [0, 0.05) is 6.20 Å². The Kier molecular flexibility index (Phi) is 5.58. The highest BCUT2D eigenvalue weighted by molar-refractivity contribution is 6.41. The Balaban J connectivity index is 2.47. The Morgan fingerprint density at radius 3 is 2.45 bits per heavy atom. The Morgan fingerprint density at radius 1 is 1.25 bits per heavy atom. The summed E-state index contributed by atoms with van der Waals surface area (Å²) < 4.78 is 35.5. The Hall–Kier alpha value is -1.54. The number of carbonyl (C=O) groups is 2. The molecule has 5 nitrogen and oxygen atoms in total. The van der Waals surface area contributed by atoms with Gasteiger partial charge in [-0.1, -0.05) is 23.2 Å². The molecule has 10 heteroatoms. The maximum atomic E-state index is 11.8. The zero-order valence-electron chi connectivity index (χ0n) is 9.72. The second kappa shape index (κ2) is 6.76. The zero-order valence-corrected chi connectivity index (χ0v) is 11.2.